The molecule has 0 bridgehead atoms. The minimum Gasteiger partial charge on any atom is -0.451 e. The van der Waals surface area contributed by atoms with Crippen LogP contribution in [0.3, 0.4) is 0 Å². The van der Waals surface area contributed by atoms with Gasteiger partial charge in [0.2, 0.25) is 0 Å². The molecular formula is C19H16F2N2O3. The van der Waals surface area contributed by atoms with Crippen LogP contribution >= 0.6 is 0 Å². The number of nitrogens with one attached hydrogen (secondary N) is 2. The topological polar surface area (TPSA) is 71.2 Å². The van der Waals surface area contributed by atoms with Crippen LogP contribution in [-0.4, -0.2) is 23.5 Å². The summed E-state index contributed by atoms with van der Waals surface area (Å²) in [7, 11) is 0. The minimum atomic E-state index is -0.757. The molecule has 1 aromatic heterocycles. The van der Waals surface area contributed by atoms with Crippen molar-refractivity contribution in [3.8, 4) is 0 Å². The summed E-state index contributed by atoms with van der Waals surface area (Å²) in [4.78, 5) is 26.9. The number of ether oxygens (including phenoxy) is 1. The highest BCUT2D eigenvalue weighted by molar-refractivity contribution is 5.95. The molecule has 2 aromatic carbocycles. The molecule has 7 heteroatoms. The Morgan fingerprint density at radius 3 is 2.65 bits per heavy atom. The highest BCUT2D eigenvalue weighted by atomic mass is 19.1. The Labute approximate surface area is 148 Å². The first-order valence-corrected chi connectivity index (χ1v) is 7.93. The molecule has 0 spiro atoms. The van der Waals surface area contributed by atoms with Gasteiger partial charge in [-0.1, -0.05) is 24.3 Å². The number of hydrogen-bond donors (Lipinski definition) is 2. The molecule has 0 aliphatic carbocycles. The summed E-state index contributed by atoms with van der Waals surface area (Å²) in [5.74, 6) is -2.72. The fraction of sp³-hybridized carbons (Fsp3) is 0.158. The van der Waals surface area contributed by atoms with E-state index in [4.69, 9.17) is 4.74 Å². The number of carbonyl (C=O) groups is 2. The van der Waals surface area contributed by atoms with Gasteiger partial charge in [0.1, 0.15) is 17.3 Å². The number of halogens is 2. The first-order chi connectivity index (χ1) is 12.4. The maximum atomic E-state index is 13.7. The Morgan fingerprint density at radius 1 is 1.15 bits per heavy atom. The number of H-pyrrole nitrogens is 1. The third-order valence-electron chi connectivity index (χ3n) is 3.89. The van der Waals surface area contributed by atoms with Gasteiger partial charge < -0.3 is 15.0 Å². The van der Waals surface area contributed by atoms with Crippen LogP contribution in [0.5, 0.6) is 0 Å². The highest BCUT2D eigenvalue weighted by Gasteiger charge is 2.17. The van der Waals surface area contributed by atoms with Crippen LogP contribution in [0.15, 0.2) is 48.5 Å². The van der Waals surface area contributed by atoms with E-state index in [0.29, 0.717) is 0 Å². The van der Waals surface area contributed by atoms with Crippen LogP contribution < -0.4 is 5.32 Å². The van der Waals surface area contributed by atoms with Gasteiger partial charge in [-0.05, 0) is 25.1 Å². The van der Waals surface area contributed by atoms with Crippen molar-refractivity contribution in [2.75, 3.05) is 6.61 Å². The third kappa shape index (κ3) is 3.88. The SMILES string of the molecule is C[C@H](NC(=O)COC(=O)c1cc2ccccc2[nH]1)c1ccc(F)cc1F. The van der Waals surface area contributed by atoms with Gasteiger partial charge in [0.05, 0.1) is 6.04 Å². The van der Waals surface area contributed by atoms with E-state index in [9.17, 15) is 18.4 Å². The summed E-state index contributed by atoms with van der Waals surface area (Å²) < 4.78 is 31.6. The van der Waals surface area contributed by atoms with E-state index < -0.39 is 36.2 Å². The molecule has 5 nitrogen and oxygen atoms in total. The molecule has 3 rings (SSSR count). The van der Waals surface area contributed by atoms with Crippen molar-refractivity contribution in [1.82, 2.24) is 10.3 Å². The molecule has 3 aromatic rings. The Morgan fingerprint density at radius 2 is 1.92 bits per heavy atom. The summed E-state index contributed by atoms with van der Waals surface area (Å²) in [6, 6.07) is 11.4. The van der Waals surface area contributed by atoms with Crippen molar-refractivity contribution >= 4 is 22.8 Å². The number of carbonyl (C=O) groups excluding carboxylic acids is 2. The van der Waals surface area contributed by atoms with Gasteiger partial charge in [-0.2, -0.15) is 0 Å². The van der Waals surface area contributed by atoms with Crippen molar-refractivity contribution in [3.63, 3.8) is 0 Å². The Balaban J connectivity index is 1.57. The van der Waals surface area contributed by atoms with Crippen molar-refractivity contribution in [1.29, 1.82) is 0 Å². The number of aromatic amines is 1. The first-order valence-electron chi connectivity index (χ1n) is 7.93. The molecule has 0 aliphatic rings. The smallest absolute Gasteiger partial charge is 0.355 e. The number of hydrogen-bond acceptors (Lipinski definition) is 3. The Kier molecular flexibility index (Phi) is 4.97. The average Bonchev–Trinajstić information content (AvgIpc) is 3.03. The lowest BCUT2D eigenvalue weighted by atomic mass is 10.1. The summed E-state index contributed by atoms with van der Waals surface area (Å²) in [6.07, 6.45) is 0. The van der Waals surface area contributed by atoms with Crippen molar-refractivity contribution in [2.24, 2.45) is 0 Å². The molecular weight excluding hydrogens is 342 g/mol. The number of aromatic nitrogens is 1. The molecule has 2 N–H and O–H groups in total. The van der Waals surface area contributed by atoms with E-state index in [1.807, 2.05) is 24.3 Å². The molecule has 1 atom stereocenters. The molecule has 26 heavy (non-hydrogen) atoms. The highest BCUT2D eigenvalue weighted by Crippen LogP contribution is 2.18. The number of fused-ring (bicyclic) bond motifs is 1. The standard InChI is InChI=1S/C19H16F2N2O3/c1-11(14-7-6-13(20)9-15(14)21)22-18(24)10-26-19(25)17-8-12-4-2-3-5-16(12)23-17/h2-9,11,23H,10H2,1H3,(H,22,24)/t11-/m0/s1. The quantitative estimate of drug-likeness (QED) is 0.686. The molecule has 0 radical (unpaired) electrons. The van der Waals surface area contributed by atoms with Crippen molar-refractivity contribution < 1.29 is 23.1 Å². The van der Waals surface area contributed by atoms with Gasteiger partial charge in [0.25, 0.3) is 5.91 Å². The van der Waals surface area contributed by atoms with Gasteiger partial charge in [-0.15, -0.1) is 0 Å². The number of benzene rings is 2. The lowest BCUT2D eigenvalue weighted by Crippen LogP contribution is -2.31. The van der Waals surface area contributed by atoms with Crippen molar-refractivity contribution in [2.45, 2.75) is 13.0 Å². The summed E-state index contributed by atoms with van der Waals surface area (Å²) in [6.45, 7) is 1.04. The minimum absolute atomic E-state index is 0.140. The van der Waals surface area contributed by atoms with E-state index in [-0.39, 0.29) is 11.3 Å². The van der Waals surface area contributed by atoms with E-state index >= 15 is 0 Å². The molecule has 0 saturated heterocycles. The van der Waals surface area contributed by atoms with E-state index in [0.717, 1.165) is 23.0 Å². The van der Waals surface area contributed by atoms with Gasteiger partial charge in [0.15, 0.2) is 6.61 Å². The maximum Gasteiger partial charge on any atom is 0.355 e. The van der Waals surface area contributed by atoms with E-state index in [1.54, 1.807) is 13.0 Å². The molecule has 134 valence electrons. The number of rotatable bonds is 5. The van der Waals surface area contributed by atoms with Crippen LogP contribution in [0.2, 0.25) is 0 Å². The summed E-state index contributed by atoms with van der Waals surface area (Å²) in [5, 5.41) is 3.35. The predicted molar refractivity (Wildman–Crippen MR) is 91.5 cm³/mol. The maximum absolute atomic E-state index is 13.7. The van der Waals surface area contributed by atoms with Crippen LogP contribution in [0.1, 0.15) is 29.0 Å². The lowest BCUT2D eigenvalue weighted by Gasteiger charge is -2.15. The van der Waals surface area contributed by atoms with E-state index in [1.165, 1.54) is 6.07 Å². The van der Waals surface area contributed by atoms with Crippen LogP contribution in [0.25, 0.3) is 10.9 Å². The molecule has 0 fully saturated rings. The molecule has 0 saturated carbocycles. The van der Waals surface area contributed by atoms with Crippen LogP contribution in [0.4, 0.5) is 8.78 Å². The van der Waals surface area contributed by atoms with Gasteiger partial charge in [-0.25, -0.2) is 13.6 Å². The first kappa shape index (κ1) is 17.6. The second kappa shape index (κ2) is 7.35. The summed E-state index contributed by atoms with van der Waals surface area (Å²) in [5.41, 5.74) is 1.16. The monoisotopic (exact) mass is 358 g/mol. The zero-order chi connectivity index (χ0) is 18.7. The zero-order valence-corrected chi connectivity index (χ0v) is 13.9. The molecule has 0 unspecified atom stereocenters. The Bertz CT molecular complexity index is 935. The summed E-state index contributed by atoms with van der Waals surface area (Å²) >= 11 is 0. The average molecular weight is 358 g/mol. The molecule has 0 aliphatic heterocycles. The third-order valence-corrected chi connectivity index (χ3v) is 3.89. The fourth-order valence-corrected chi connectivity index (χ4v) is 2.61. The normalized spacial score (nSPS) is 12.0. The number of para-hydroxylation sites is 1. The largest absolute Gasteiger partial charge is 0.451 e. The van der Waals surface area contributed by atoms with Gasteiger partial charge in [0, 0.05) is 22.5 Å². The molecule has 1 heterocycles. The number of esters is 1. The van der Waals surface area contributed by atoms with E-state index in [2.05, 4.69) is 10.3 Å². The Hall–Kier alpha value is -3.22. The van der Waals surface area contributed by atoms with Crippen LogP contribution in [0, 0.1) is 11.6 Å². The van der Waals surface area contributed by atoms with Crippen LogP contribution in [-0.2, 0) is 9.53 Å². The zero-order valence-electron chi connectivity index (χ0n) is 13.9. The number of amides is 1. The van der Waals surface area contributed by atoms with Crippen molar-refractivity contribution in [3.05, 3.63) is 71.4 Å². The predicted octanol–water partition coefficient (Wildman–Crippen LogP) is 3.48. The lowest BCUT2D eigenvalue weighted by molar-refractivity contribution is -0.124. The second-order valence-electron chi connectivity index (χ2n) is 5.80. The molecule has 1 amide bonds. The second-order valence-corrected chi connectivity index (χ2v) is 5.80. The van der Waals surface area contributed by atoms with Gasteiger partial charge in [-0.3, -0.25) is 4.79 Å². The van der Waals surface area contributed by atoms with Gasteiger partial charge >= 0.3 is 5.97 Å². The fourth-order valence-electron chi connectivity index (χ4n) is 2.61.